The quantitative estimate of drug-likeness (QED) is 0.0951. The van der Waals surface area contributed by atoms with Gasteiger partial charge in [0.05, 0.1) is 27.1 Å². The monoisotopic (exact) mass is 776 g/mol. The van der Waals surface area contributed by atoms with Gasteiger partial charge in [0.2, 0.25) is 0 Å². The summed E-state index contributed by atoms with van der Waals surface area (Å²) in [5.41, 5.74) is 4.69. The van der Waals surface area contributed by atoms with E-state index in [9.17, 15) is 0 Å². The van der Waals surface area contributed by atoms with Crippen LogP contribution in [0.15, 0.2) is 187 Å². The van der Waals surface area contributed by atoms with E-state index in [1.165, 1.54) is 27.1 Å². The Bertz CT molecular complexity index is 2000. The van der Waals surface area contributed by atoms with Crippen LogP contribution in [0.4, 0.5) is 17.1 Å². The highest BCUT2D eigenvalue weighted by Crippen LogP contribution is 2.44. The Morgan fingerprint density at radius 3 is 1.64 bits per heavy atom. The number of azo groups is 2. The molecule has 0 saturated heterocycles. The van der Waals surface area contributed by atoms with E-state index in [0.717, 1.165) is 38.1 Å². The molecule has 1 unspecified atom stereocenters. The van der Waals surface area contributed by atoms with Crippen molar-refractivity contribution in [3.8, 4) is 0 Å². The van der Waals surface area contributed by atoms with Crippen molar-refractivity contribution < 1.29 is 0 Å². The predicted octanol–water partition coefficient (Wildman–Crippen LogP) is 13.8. The molecule has 220 valence electrons. The van der Waals surface area contributed by atoms with Crippen LogP contribution in [0, 0.1) is 0 Å². The topological polar surface area (TPSA) is 49.4 Å². The van der Waals surface area contributed by atoms with Gasteiger partial charge >= 0.3 is 0 Å². The van der Waals surface area contributed by atoms with Crippen LogP contribution in [-0.2, 0) is 4.32 Å². The van der Waals surface area contributed by atoms with Gasteiger partial charge in [0.25, 0.3) is 0 Å². The fourth-order valence-corrected chi connectivity index (χ4v) is 6.12. The van der Waals surface area contributed by atoms with Crippen molar-refractivity contribution in [3.05, 3.63) is 172 Å². The number of benzene rings is 6. The molecule has 0 fully saturated rings. The van der Waals surface area contributed by atoms with Crippen molar-refractivity contribution in [2.45, 2.75) is 10.7 Å². The van der Waals surface area contributed by atoms with Crippen molar-refractivity contribution >= 4 is 86.4 Å². The average molecular weight is 779 g/mol. The second-order valence-corrected chi connectivity index (χ2v) is 13.7. The molecular weight excluding hydrogens is 752 g/mol. The van der Waals surface area contributed by atoms with Gasteiger partial charge in [-0.1, -0.05) is 121 Å². The van der Waals surface area contributed by atoms with E-state index in [0.29, 0.717) is 0 Å². The molecule has 7 heteroatoms. The highest BCUT2D eigenvalue weighted by atomic mass is 79.9. The molecule has 6 aromatic rings. The number of fused-ring (bicyclic) bond motifs is 2. The molecule has 7 rings (SSSR count). The molecule has 0 aliphatic heterocycles. The van der Waals surface area contributed by atoms with E-state index in [1.807, 2.05) is 84.9 Å². The number of nitrogens with zero attached hydrogens (tertiary/aromatic N) is 4. The summed E-state index contributed by atoms with van der Waals surface area (Å²) < 4.78 is 1.82. The molecule has 1 aliphatic rings. The van der Waals surface area contributed by atoms with Crippen molar-refractivity contribution in [1.29, 1.82) is 0 Å². The lowest BCUT2D eigenvalue weighted by Crippen LogP contribution is -2.16. The van der Waals surface area contributed by atoms with Crippen LogP contribution in [-0.4, -0.2) is 0 Å². The molecule has 4 nitrogen and oxygen atoms in total. The normalized spacial score (nSPS) is 16.2. The van der Waals surface area contributed by atoms with Gasteiger partial charge in [-0.15, -0.1) is 0 Å². The molecule has 0 spiro atoms. The van der Waals surface area contributed by atoms with E-state index >= 15 is 0 Å². The van der Waals surface area contributed by atoms with E-state index in [2.05, 4.69) is 135 Å². The number of rotatable bonds is 5. The average Bonchev–Trinajstić information content (AvgIpc) is 3.08. The molecule has 0 bridgehead atoms. The predicted molar refractivity (Wildman–Crippen MR) is 197 cm³/mol. The van der Waals surface area contributed by atoms with Crippen LogP contribution in [0.3, 0.4) is 0 Å². The maximum atomic E-state index is 4.39. The molecular formula is C38H27Br3N4. The number of alkyl halides is 1. The maximum absolute atomic E-state index is 4.39. The maximum Gasteiger partial charge on any atom is 0.0857 e. The minimum atomic E-state index is -0.249. The van der Waals surface area contributed by atoms with Crippen LogP contribution < -0.4 is 0 Å². The molecule has 0 radical (unpaired) electrons. The Morgan fingerprint density at radius 2 is 1.04 bits per heavy atom. The molecule has 0 saturated carbocycles. The zero-order valence-electron chi connectivity index (χ0n) is 24.1. The Hall–Kier alpha value is -4.04. The summed E-state index contributed by atoms with van der Waals surface area (Å²) in [6.45, 7) is 0. The van der Waals surface area contributed by atoms with Gasteiger partial charge in [-0.3, -0.25) is 0 Å². The first-order chi connectivity index (χ1) is 21.9. The van der Waals surface area contributed by atoms with E-state index < -0.39 is 0 Å². The molecule has 6 aromatic carbocycles. The van der Waals surface area contributed by atoms with Crippen LogP contribution in [0.1, 0.15) is 12.0 Å². The summed E-state index contributed by atoms with van der Waals surface area (Å²) in [6.07, 6.45) is 7.19. The summed E-state index contributed by atoms with van der Waals surface area (Å²) in [5.74, 6) is 0. The molecule has 0 N–H and O–H groups in total. The van der Waals surface area contributed by atoms with E-state index in [1.54, 1.807) is 0 Å². The lowest BCUT2D eigenvalue weighted by molar-refractivity contribution is 0.793. The van der Waals surface area contributed by atoms with Gasteiger partial charge in [-0.05, 0) is 112 Å². The van der Waals surface area contributed by atoms with Gasteiger partial charge < -0.3 is 0 Å². The van der Waals surface area contributed by atoms with Gasteiger partial charge in [-0.2, -0.15) is 20.5 Å². The fraction of sp³-hybridized carbons (Fsp3) is 0.0526. The molecule has 0 amide bonds. The highest BCUT2D eigenvalue weighted by Gasteiger charge is 2.29. The lowest BCUT2D eigenvalue weighted by Gasteiger charge is -2.27. The fourth-order valence-electron chi connectivity index (χ4n) is 4.95. The molecule has 0 heterocycles. The summed E-state index contributed by atoms with van der Waals surface area (Å²) in [5, 5.41) is 22.0. The SMILES string of the molecule is BrC1(c2cccc3cc4ccccc4cc23)C=CC(N=Nc2ccccc2)=CC1.Brc1ccc(N=Nc2ccc(Br)cc2)cc1. The minimum absolute atomic E-state index is 0.249. The third-order valence-corrected chi connectivity index (χ3v) is 9.36. The van der Waals surface area contributed by atoms with E-state index in [4.69, 9.17) is 0 Å². The van der Waals surface area contributed by atoms with E-state index in [-0.39, 0.29) is 4.32 Å². The summed E-state index contributed by atoms with van der Waals surface area (Å²) in [6, 6.07) is 44.8. The third-order valence-electron chi connectivity index (χ3n) is 7.29. The standard InChI is InChI=1S/C26H19BrN2.C12H8Br2N2/c27-26(15-13-23(14-16-26)29-28-22-10-2-1-3-11-22)25-12-6-9-21-17-19-7-4-5-8-20(19)18-24(21)25;13-9-1-5-11(6-2-9)15-16-12-7-3-10(14)4-8-12/h1-15,17-18H,16H2;1-8H. The smallest absolute Gasteiger partial charge is 0.0857 e. The Kier molecular flexibility index (Phi) is 9.89. The zero-order valence-corrected chi connectivity index (χ0v) is 28.8. The first-order valence-electron chi connectivity index (χ1n) is 14.4. The van der Waals surface area contributed by atoms with Crippen molar-refractivity contribution in [1.82, 2.24) is 0 Å². The second kappa shape index (κ2) is 14.4. The first-order valence-corrected chi connectivity index (χ1v) is 16.7. The Labute approximate surface area is 287 Å². The number of allylic oxidation sites excluding steroid dienone is 3. The van der Waals surface area contributed by atoms with Crippen molar-refractivity contribution in [2.75, 3.05) is 0 Å². The Balaban J connectivity index is 0.000000189. The van der Waals surface area contributed by atoms with Crippen LogP contribution in [0.2, 0.25) is 0 Å². The third kappa shape index (κ3) is 7.98. The van der Waals surface area contributed by atoms with Crippen LogP contribution in [0.25, 0.3) is 21.5 Å². The summed E-state index contributed by atoms with van der Waals surface area (Å²) >= 11 is 10.8. The summed E-state index contributed by atoms with van der Waals surface area (Å²) in [4.78, 5) is 0. The van der Waals surface area contributed by atoms with Crippen molar-refractivity contribution in [2.24, 2.45) is 20.5 Å². The summed E-state index contributed by atoms with van der Waals surface area (Å²) in [7, 11) is 0. The minimum Gasteiger partial charge on any atom is -0.151 e. The second-order valence-electron chi connectivity index (χ2n) is 10.4. The van der Waals surface area contributed by atoms with Gasteiger partial charge in [0.1, 0.15) is 0 Å². The number of hydrogen-bond donors (Lipinski definition) is 0. The number of halogens is 3. The van der Waals surface area contributed by atoms with Crippen LogP contribution >= 0.6 is 47.8 Å². The molecule has 1 atom stereocenters. The van der Waals surface area contributed by atoms with Gasteiger partial charge in [0.15, 0.2) is 0 Å². The molecule has 1 aliphatic carbocycles. The van der Waals surface area contributed by atoms with Gasteiger partial charge in [0, 0.05) is 8.95 Å². The Morgan fingerprint density at radius 1 is 0.511 bits per heavy atom. The van der Waals surface area contributed by atoms with Crippen LogP contribution in [0.5, 0.6) is 0 Å². The molecule has 0 aromatic heterocycles. The van der Waals surface area contributed by atoms with Gasteiger partial charge in [-0.25, -0.2) is 0 Å². The molecule has 45 heavy (non-hydrogen) atoms. The zero-order chi connectivity index (χ0) is 31.1. The highest BCUT2D eigenvalue weighted by molar-refractivity contribution is 9.10. The largest absolute Gasteiger partial charge is 0.151 e. The lowest BCUT2D eigenvalue weighted by atomic mass is 9.87. The van der Waals surface area contributed by atoms with Crippen molar-refractivity contribution in [3.63, 3.8) is 0 Å². The number of hydrogen-bond acceptors (Lipinski definition) is 4. The first kappa shape index (κ1) is 31.0.